The molecular formula is C16H11N3O4. The highest BCUT2D eigenvalue weighted by atomic mass is 16.7. The average molecular weight is 309 g/mol. The van der Waals surface area contributed by atoms with Gasteiger partial charge in [-0.3, -0.25) is 15.5 Å². The Morgan fingerprint density at radius 1 is 1.13 bits per heavy atom. The summed E-state index contributed by atoms with van der Waals surface area (Å²) in [5.74, 6) is 1.35. The fourth-order valence-corrected chi connectivity index (χ4v) is 2.55. The van der Waals surface area contributed by atoms with E-state index in [1.807, 2.05) is 18.2 Å². The average Bonchev–Trinajstić information content (AvgIpc) is 2.91. The summed E-state index contributed by atoms with van der Waals surface area (Å²) in [6.45, 7) is 0.199. The summed E-state index contributed by atoms with van der Waals surface area (Å²) in [7, 11) is 0. The van der Waals surface area contributed by atoms with Gasteiger partial charge in [-0.1, -0.05) is 0 Å². The summed E-state index contributed by atoms with van der Waals surface area (Å²) in [5.41, 5.74) is 6.13. The number of benzene rings is 2. The lowest BCUT2D eigenvalue weighted by atomic mass is 9.96. The SMILES string of the molecule is O=[N+]([O-])c1ccc(C2=NNC=Cc3cc4c(cc32)OCO4)cc1. The molecule has 0 aliphatic carbocycles. The summed E-state index contributed by atoms with van der Waals surface area (Å²) in [6.07, 6.45) is 3.61. The van der Waals surface area contributed by atoms with Gasteiger partial charge < -0.3 is 9.47 Å². The van der Waals surface area contributed by atoms with Gasteiger partial charge in [-0.15, -0.1) is 0 Å². The molecule has 7 nitrogen and oxygen atoms in total. The smallest absolute Gasteiger partial charge is 0.269 e. The maximum absolute atomic E-state index is 10.8. The number of hydrazone groups is 1. The Morgan fingerprint density at radius 3 is 2.61 bits per heavy atom. The minimum atomic E-state index is -0.426. The van der Waals surface area contributed by atoms with Crippen molar-refractivity contribution in [3.8, 4) is 11.5 Å². The van der Waals surface area contributed by atoms with Crippen molar-refractivity contribution in [2.45, 2.75) is 0 Å². The third-order valence-corrected chi connectivity index (χ3v) is 3.67. The fourth-order valence-electron chi connectivity index (χ4n) is 2.55. The molecule has 7 heteroatoms. The van der Waals surface area contributed by atoms with Crippen molar-refractivity contribution >= 4 is 17.5 Å². The number of non-ortho nitro benzene ring substituents is 1. The van der Waals surface area contributed by atoms with E-state index in [4.69, 9.17) is 9.47 Å². The number of rotatable bonds is 2. The van der Waals surface area contributed by atoms with Crippen molar-refractivity contribution in [2.24, 2.45) is 5.10 Å². The number of hydrogen-bond acceptors (Lipinski definition) is 6. The number of nitro groups is 1. The maximum atomic E-state index is 10.8. The molecule has 0 bridgehead atoms. The van der Waals surface area contributed by atoms with E-state index >= 15 is 0 Å². The van der Waals surface area contributed by atoms with Crippen LogP contribution in [0, 0.1) is 10.1 Å². The van der Waals surface area contributed by atoms with E-state index in [2.05, 4.69) is 10.5 Å². The first-order chi connectivity index (χ1) is 11.2. The van der Waals surface area contributed by atoms with Crippen LogP contribution >= 0.6 is 0 Å². The second-order valence-corrected chi connectivity index (χ2v) is 5.02. The lowest BCUT2D eigenvalue weighted by Gasteiger charge is -2.09. The number of ether oxygens (including phenoxy) is 2. The Bertz CT molecular complexity index is 856. The molecule has 0 fully saturated rings. The molecule has 0 radical (unpaired) electrons. The lowest BCUT2D eigenvalue weighted by molar-refractivity contribution is -0.384. The van der Waals surface area contributed by atoms with E-state index in [0.29, 0.717) is 17.2 Å². The zero-order chi connectivity index (χ0) is 15.8. The van der Waals surface area contributed by atoms with Gasteiger partial charge in [0.25, 0.3) is 5.69 Å². The molecular weight excluding hydrogens is 298 g/mol. The molecule has 4 rings (SSSR count). The monoisotopic (exact) mass is 309 g/mol. The summed E-state index contributed by atoms with van der Waals surface area (Å²) >= 11 is 0. The van der Waals surface area contributed by atoms with Crippen LogP contribution in [-0.2, 0) is 0 Å². The van der Waals surface area contributed by atoms with Crippen LogP contribution in [0.2, 0.25) is 0 Å². The minimum Gasteiger partial charge on any atom is -0.454 e. The summed E-state index contributed by atoms with van der Waals surface area (Å²) in [6, 6.07) is 10.0. The third-order valence-electron chi connectivity index (χ3n) is 3.67. The van der Waals surface area contributed by atoms with Gasteiger partial charge in [-0.2, -0.15) is 5.10 Å². The van der Waals surface area contributed by atoms with E-state index in [9.17, 15) is 10.1 Å². The van der Waals surface area contributed by atoms with Crippen molar-refractivity contribution < 1.29 is 14.4 Å². The van der Waals surface area contributed by atoms with Gasteiger partial charge >= 0.3 is 0 Å². The molecule has 0 aromatic heterocycles. The van der Waals surface area contributed by atoms with Crippen LogP contribution in [-0.4, -0.2) is 17.4 Å². The highest BCUT2D eigenvalue weighted by molar-refractivity contribution is 6.15. The van der Waals surface area contributed by atoms with Crippen LogP contribution in [0.15, 0.2) is 47.7 Å². The molecule has 2 aromatic rings. The van der Waals surface area contributed by atoms with Crippen molar-refractivity contribution in [3.63, 3.8) is 0 Å². The van der Waals surface area contributed by atoms with E-state index in [1.165, 1.54) is 12.1 Å². The quantitative estimate of drug-likeness (QED) is 0.681. The minimum absolute atomic E-state index is 0.0416. The van der Waals surface area contributed by atoms with E-state index in [0.717, 1.165) is 16.7 Å². The van der Waals surface area contributed by atoms with Gasteiger partial charge in [0.05, 0.1) is 10.6 Å². The molecule has 0 unspecified atom stereocenters. The Morgan fingerprint density at radius 2 is 1.87 bits per heavy atom. The largest absolute Gasteiger partial charge is 0.454 e. The van der Waals surface area contributed by atoms with E-state index < -0.39 is 4.92 Å². The fraction of sp³-hybridized carbons (Fsp3) is 0.0625. The molecule has 2 aliphatic rings. The molecule has 2 aromatic carbocycles. The van der Waals surface area contributed by atoms with Crippen LogP contribution in [0.4, 0.5) is 5.69 Å². The van der Waals surface area contributed by atoms with Gasteiger partial charge in [-0.25, -0.2) is 0 Å². The van der Waals surface area contributed by atoms with Gasteiger partial charge in [-0.05, 0) is 35.9 Å². The predicted octanol–water partition coefficient (Wildman–Crippen LogP) is 2.65. The second kappa shape index (κ2) is 5.13. The number of nitrogens with zero attached hydrogens (tertiary/aromatic N) is 2. The number of fused-ring (bicyclic) bond motifs is 2. The second-order valence-electron chi connectivity index (χ2n) is 5.02. The third kappa shape index (κ3) is 2.28. The first-order valence-electron chi connectivity index (χ1n) is 6.91. The topological polar surface area (TPSA) is 86.0 Å². The molecule has 0 spiro atoms. The highest BCUT2D eigenvalue weighted by Crippen LogP contribution is 2.36. The van der Waals surface area contributed by atoms with Crippen LogP contribution in [0.3, 0.4) is 0 Å². The zero-order valence-electron chi connectivity index (χ0n) is 11.9. The van der Waals surface area contributed by atoms with Crippen molar-refractivity contribution in [3.05, 3.63) is 69.4 Å². The lowest BCUT2D eigenvalue weighted by Crippen LogP contribution is -2.08. The van der Waals surface area contributed by atoms with Crippen molar-refractivity contribution in [1.29, 1.82) is 0 Å². The van der Waals surface area contributed by atoms with E-state index in [-0.39, 0.29) is 12.5 Å². The summed E-state index contributed by atoms with van der Waals surface area (Å²) in [5, 5.41) is 15.1. The Labute approximate surface area is 131 Å². The standard InChI is InChI=1S/C16H11N3O4/c20-19(21)12-3-1-10(2-4-12)16-13-8-15-14(22-9-23-15)7-11(13)5-6-17-18-16/h1-8,17H,9H2. The molecule has 0 atom stereocenters. The number of hydrogen-bond donors (Lipinski definition) is 1. The Balaban J connectivity index is 1.82. The summed E-state index contributed by atoms with van der Waals surface area (Å²) < 4.78 is 10.8. The van der Waals surface area contributed by atoms with Crippen LogP contribution in [0.5, 0.6) is 11.5 Å². The van der Waals surface area contributed by atoms with Crippen molar-refractivity contribution in [1.82, 2.24) is 5.43 Å². The highest BCUT2D eigenvalue weighted by Gasteiger charge is 2.21. The molecule has 1 N–H and O–H groups in total. The van der Waals surface area contributed by atoms with Gasteiger partial charge in [0.2, 0.25) is 6.79 Å². The van der Waals surface area contributed by atoms with Gasteiger partial charge in [0.15, 0.2) is 11.5 Å². The molecule has 2 heterocycles. The predicted molar refractivity (Wildman–Crippen MR) is 83.5 cm³/mol. The van der Waals surface area contributed by atoms with Gasteiger partial charge in [0, 0.05) is 29.5 Å². The molecule has 0 amide bonds. The van der Waals surface area contributed by atoms with Crippen LogP contribution in [0.1, 0.15) is 16.7 Å². The Kier molecular flexibility index (Phi) is 2.97. The molecule has 2 aliphatic heterocycles. The van der Waals surface area contributed by atoms with Crippen LogP contribution in [0.25, 0.3) is 6.08 Å². The number of nitrogens with one attached hydrogen (secondary N) is 1. The van der Waals surface area contributed by atoms with Crippen molar-refractivity contribution in [2.75, 3.05) is 6.79 Å². The molecule has 0 saturated heterocycles. The zero-order valence-corrected chi connectivity index (χ0v) is 11.9. The molecule has 23 heavy (non-hydrogen) atoms. The summed E-state index contributed by atoms with van der Waals surface area (Å²) in [4.78, 5) is 10.4. The maximum Gasteiger partial charge on any atom is 0.269 e. The van der Waals surface area contributed by atoms with E-state index in [1.54, 1.807) is 18.3 Å². The Hall–Kier alpha value is -3.35. The molecule has 0 saturated carbocycles. The first kappa shape index (κ1) is 13.3. The normalized spacial score (nSPS) is 14.5. The van der Waals surface area contributed by atoms with Gasteiger partial charge in [0.1, 0.15) is 0 Å². The molecule has 114 valence electrons. The number of nitro benzene ring substituents is 1. The first-order valence-corrected chi connectivity index (χ1v) is 6.91. The van der Waals surface area contributed by atoms with Crippen LogP contribution < -0.4 is 14.9 Å².